The maximum absolute atomic E-state index is 12.8. The smallest absolute Gasteiger partial charge is 0.321 e. The minimum Gasteiger partial charge on any atom is -0.497 e. The minimum atomic E-state index is -0.440. The van der Waals surface area contributed by atoms with Crippen LogP contribution in [0.15, 0.2) is 24.3 Å². The minimum absolute atomic E-state index is 0.0384. The second-order valence-corrected chi connectivity index (χ2v) is 6.98. The van der Waals surface area contributed by atoms with E-state index in [0.29, 0.717) is 50.6 Å². The molecule has 1 aromatic carbocycles. The summed E-state index contributed by atoms with van der Waals surface area (Å²) in [7, 11) is 1.57. The summed E-state index contributed by atoms with van der Waals surface area (Å²) in [6.45, 7) is 3.76. The molecule has 0 unspecified atom stereocenters. The van der Waals surface area contributed by atoms with E-state index in [4.69, 9.17) is 4.74 Å². The molecule has 2 saturated heterocycles. The van der Waals surface area contributed by atoms with Crippen molar-refractivity contribution in [3.05, 3.63) is 24.3 Å². The first-order valence-corrected chi connectivity index (χ1v) is 8.63. The summed E-state index contributed by atoms with van der Waals surface area (Å²) in [6.07, 6.45) is 0.319. The summed E-state index contributed by atoms with van der Waals surface area (Å²) < 4.78 is 5.18. The van der Waals surface area contributed by atoms with Crippen LogP contribution in [-0.2, 0) is 9.59 Å². The van der Waals surface area contributed by atoms with E-state index < -0.39 is 5.41 Å². The lowest BCUT2D eigenvalue weighted by atomic mass is 9.86. The Morgan fingerprint density at radius 1 is 1.23 bits per heavy atom. The Balaban J connectivity index is 1.76. The van der Waals surface area contributed by atoms with Crippen LogP contribution in [0.3, 0.4) is 0 Å². The van der Waals surface area contributed by atoms with E-state index in [1.165, 1.54) is 6.92 Å². The average molecular weight is 360 g/mol. The summed E-state index contributed by atoms with van der Waals surface area (Å²) >= 11 is 0. The molecule has 8 nitrogen and oxygen atoms in total. The molecule has 140 valence electrons. The summed E-state index contributed by atoms with van der Waals surface area (Å²) in [6, 6.07) is 6.89. The third-order valence-corrected chi connectivity index (χ3v) is 4.94. The zero-order chi connectivity index (χ0) is 18.7. The van der Waals surface area contributed by atoms with Crippen molar-refractivity contribution >= 4 is 23.5 Å². The van der Waals surface area contributed by atoms with Gasteiger partial charge in [0.15, 0.2) is 0 Å². The summed E-state index contributed by atoms with van der Waals surface area (Å²) in [5.74, 6) is 0.575. The number of anilines is 1. The summed E-state index contributed by atoms with van der Waals surface area (Å²) in [4.78, 5) is 39.9. The number of nitrogens with one attached hydrogen (secondary N) is 2. The summed E-state index contributed by atoms with van der Waals surface area (Å²) in [5, 5.41) is 5.71. The standard InChI is InChI=1S/C18H24N4O4/c1-13(23)21-6-7-22(12-18(11-21)9-16(24)19-10-18)17(25)20-14-4-3-5-15(8-14)26-2/h3-5,8H,6-7,9-12H2,1-2H3,(H,19,24)(H,20,25)/t18-/m0/s1. The molecule has 1 spiro atoms. The van der Waals surface area contributed by atoms with Gasteiger partial charge in [0.1, 0.15) is 5.75 Å². The highest BCUT2D eigenvalue weighted by molar-refractivity contribution is 5.90. The van der Waals surface area contributed by atoms with Gasteiger partial charge in [0.05, 0.1) is 7.11 Å². The Kier molecular flexibility index (Phi) is 5.01. The molecule has 1 aromatic rings. The van der Waals surface area contributed by atoms with Gasteiger partial charge in [0, 0.05) is 63.2 Å². The van der Waals surface area contributed by atoms with Crippen LogP contribution in [0.4, 0.5) is 10.5 Å². The van der Waals surface area contributed by atoms with E-state index in [9.17, 15) is 14.4 Å². The first-order valence-electron chi connectivity index (χ1n) is 8.63. The number of nitrogens with zero attached hydrogens (tertiary/aromatic N) is 2. The first-order chi connectivity index (χ1) is 12.4. The Labute approximate surface area is 152 Å². The zero-order valence-corrected chi connectivity index (χ0v) is 15.1. The van der Waals surface area contributed by atoms with E-state index in [0.717, 1.165) is 0 Å². The first kappa shape index (κ1) is 18.0. The Morgan fingerprint density at radius 2 is 1.96 bits per heavy atom. The average Bonchev–Trinajstić information content (AvgIpc) is 2.86. The van der Waals surface area contributed by atoms with Crippen molar-refractivity contribution < 1.29 is 19.1 Å². The van der Waals surface area contributed by atoms with Crippen molar-refractivity contribution in [3.63, 3.8) is 0 Å². The van der Waals surface area contributed by atoms with Gasteiger partial charge in [-0.15, -0.1) is 0 Å². The van der Waals surface area contributed by atoms with Crippen LogP contribution in [0.25, 0.3) is 0 Å². The molecule has 0 radical (unpaired) electrons. The topological polar surface area (TPSA) is 91.0 Å². The van der Waals surface area contributed by atoms with Gasteiger partial charge in [0.2, 0.25) is 11.8 Å². The van der Waals surface area contributed by atoms with Gasteiger partial charge in [0.25, 0.3) is 0 Å². The van der Waals surface area contributed by atoms with Gasteiger partial charge in [-0.2, -0.15) is 0 Å². The molecule has 0 aliphatic carbocycles. The number of carbonyl (C=O) groups is 3. The SMILES string of the molecule is COc1cccc(NC(=O)N2CCN(C(C)=O)C[C@]3(CNC(=O)C3)C2)c1. The van der Waals surface area contributed by atoms with Gasteiger partial charge >= 0.3 is 6.03 Å². The third kappa shape index (κ3) is 3.89. The normalized spacial score (nSPS) is 22.8. The van der Waals surface area contributed by atoms with Crippen molar-refractivity contribution in [2.45, 2.75) is 13.3 Å². The zero-order valence-electron chi connectivity index (χ0n) is 15.1. The third-order valence-electron chi connectivity index (χ3n) is 4.94. The molecule has 2 aliphatic rings. The van der Waals surface area contributed by atoms with Gasteiger partial charge in [-0.3, -0.25) is 9.59 Å². The van der Waals surface area contributed by atoms with E-state index in [1.54, 1.807) is 41.2 Å². The Morgan fingerprint density at radius 3 is 2.62 bits per heavy atom. The van der Waals surface area contributed by atoms with Gasteiger partial charge in [-0.05, 0) is 12.1 Å². The highest BCUT2D eigenvalue weighted by atomic mass is 16.5. The second kappa shape index (κ2) is 7.23. The molecule has 2 heterocycles. The number of urea groups is 1. The number of carbonyl (C=O) groups excluding carboxylic acids is 3. The fraction of sp³-hybridized carbons (Fsp3) is 0.500. The largest absolute Gasteiger partial charge is 0.497 e. The number of rotatable bonds is 2. The van der Waals surface area contributed by atoms with E-state index in [2.05, 4.69) is 10.6 Å². The molecule has 0 saturated carbocycles. The molecule has 3 rings (SSSR count). The number of ether oxygens (including phenoxy) is 1. The van der Waals surface area contributed by atoms with Crippen molar-refractivity contribution in [2.24, 2.45) is 5.41 Å². The Hall–Kier alpha value is -2.77. The van der Waals surface area contributed by atoms with Crippen LogP contribution in [0.5, 0.6) is 5.75 Å². The molecule has 0 bridgehead atoms. The maximum Gasteiger partial charge on any atom is 0.321 e. The molecular weight excluding hydrogens is 336 g/mol. The molecule has 8 heteroatoms. The molecule has 1 atom stereocenters. The lowest BCUT2D eigenvalue weighted by Gasteiger charge is -2.32. The number of methoxy groups -OCH3 is 1. The van der Waals surface area contributed by atoms with Gasteiger partial charge in [-0.1, -0.05) is 6.07 Å². The fourth-order valence-electron chi connectivity index (χ4n) is 3.58. The van der Waals surface area contributed by atoms with Crippen molar-refractivity contribution in [1.82, 2.24) is 15.1 Å². The fourth-order valence-corrected chi connectivity index (χ4v) is 3.58. The van der Waals surface area contributed by atoms with Crippen LogP contribution in [-0.4, -0.2) is 67.5 Å². The number of hydrogen-bond donors (Lipinski definition) is 2. The highest BCUT2D eigenvalue weighted by Crippen LogP contribution is 2.31. The van der Waals surface area contributed by atoms with Crippen LogP contribution in [0.1, 0.15) is 13.3 Å². The highest BCUT2D eigenvalue weighted by Gasteiger charge is 2.44. The van der Waals surface area contributed by atoms with Crippen LogP contribution in [0, 0.1) is 5.41 Å². The van der Waals surface area contributed by atoms with Crippen LogP contribution in [0.2, 0.25) is 0 Å². The molecule has 0 aromatic heterocycles. The molecule has 4 amide bonds. The molecule has 26 heavy (non-hydrogen) atoms. The lowest BCUT2D eigenvalue weighted by Crippen LogP contribution is -2.45. The van der Waals surface area contributed by atoms with Crippen molar-refractivity contribution in [3.8, 4) is 5.75 Å². The van der Waals surface area contributed by atoms with Crippen LogP contribution < -0.4 is 15.4 Å². The molecule has 2 aliphatic heterocycles. The monoisotopic (exact) mass is 360 g/mol. The molecule has 2 fully saturated rings. The van der Waals surface area contributed by atoms with Crippen molar-refractivity contribution in [1.29, 1.82) is 0 Å². The lowest BCUT2D eigenvalue weighted by molar-refractivity contribution is -0.130. The summed E-state index contributed by atoms with van der Waals surface area (Å²) in [5.41, 5.74) is 0.196. The molecule has 2 N–H and O–H groups in total. The van der Waals surface area contributed by atoms with Gasteiger partial charge in [-0.25, -0.2) is 4.79 Å². The van der Waals surface area contributed by atoms with E-state index >= 15 is 0 Å². The van der Waals surface area contributed by atoms with E-state index in [1.807, 2.05) is 0 Å². The second-order valence-electron chi connectivity index (χ2n) is 6.98. The number of benzene rings is 1. The predicted octanol–water partition coefficient (Wildman–Crippen LogP) is 0.897. The Bertz CT molecular complexity index is 723. The predicted molar refractivity (Wildman–Crippen MR) is 95.9 cm³/mol. The number of amides is 4. The maximum atomic E-state index is 12.8. The van der Waals surface area contributed by atoms with E-state index in [-0.39, 0.29) is 17.8 Å². The quantitative estimate of drug-likeness (QED) is 0.820. The molecular formula is C18H24N4O4. The van der Waals surface area contributed by atoms with Gasteiger partial charge < -0.3 is 25.2 Å². The van der Waals surface area contributed by atoms with Crippen LogP contribution >= 0.6 is 0 Å². The number of hydrogen-bond acceptors (Lipinski definition) is 4. The van der Waals surface area contributed by atoms with Crippen molar-refractivity contribution in [2.75, 3.05) is 45.2 Å².